The lowest BCUT2D eigenvalue weighted by Crippen LogP contribution is -2.52. The molecule has 21 heavy (non-hydrogen) atoms. The summed E-state index contributed by atoms with van der Waals surface area (Å²) < 4.78 is 14.5. The van der Waals surface area contributed by atoms with E-state index in [9.17, 15) is 14.0 Å². The molecule has 1 saturated heterocycles. The van der Waals surface area contributed by atoms with Crippen molar-refractivity contribution >= 4 is 17.6 Å². The van der Waals surface area contributed by atoms with Crippen molar-refractivity contribution in [3.63, 3.8) is 0 Å². The van der Waals surface area contributed by atoms with Crippen molar-refractivity contribution in [1.82, 2.24) is 15.6 Å². The zero-order chi connectivity index (χ0) is 15.6. The van der Waals surface area contributed by atoms with Gasteiger partial charge in [0.1, 0.15) is 0 Å². The Morgan fingerprint density at radius 1 is 1.33 bits per heavy atom. The van der Waals surface area contributed by atoms with Crippen LogP contribution >= 0.6 is 0 Å². The highest BCUT2D eigenvalue weighted by molar-refractivity contribution is 6.02. The van der Waals surface area contributed by atoms with Gasteiger partial charge in [-0.2, -0.15) is 0 Å². The number of carbonyl (C=O) groups excluding carboxylic acids is 2. The van der Waals surface area contributed by atoms with E-state index in [0.717, 1.165) is 0 Å². The lowest BCUT2D eigenvalue weighted by Gasteiger charge is -2.27. The smallest absolute Gasteiger partial charge is 0.246 e. The van der Waals surface area contributed by atoms with E-state index in [4.69, 9.17) is 0 Å². The van der Waals surface area contributed by atoms with Crippen molar-refractivity contribution < 1.29 is 14.0 Å². The van der Waals surface area contributed by atoms with Crippen LogP contribution in [0.5, 0.6) is 0 Å². The molecule has 2 heterocycles. The standard InChI is InChI=1S/C14H19FN4O2/c1-14(2,3)17-6-9-4-5-16-13(12(9)15)19-7-10(20)18-11(21)8-19/h4-5,17H,6-8H2,1-3H3,(H,18,20,21). The van der Waals surface area contributed by atoms with Gasteiger partial charge in [-0.15, -0.1) is 0 Å². The first-order valence-electron chi connectivity index (χ1n) is 6.72. The van der Waals surface area contributed by atoms with Crippen LogP contribution in [0.4, 0.5) is 10.2 Å². The number of halogens is 1. The molecule has 1 fully saturated rings. The number of aromatic nitrogens is 1. The number of imide groups is 1. The van der Waals surface area contributed by atoms with E-state index in [2.05, 4.69) is 15.6 Å². The monoisotopic (exact) mass is 294 g/mol. The van der Waals surface area contributed by atoms with E-state index in [-0.39, 0.29) is 24.4 Å². The lowest BCUT2D eigenvalue weighted by atomic mass is 10.1. The van der Waals surface area contributed by atoms with Crippen LogP contribution in [0.1, 0.15) is 26.3 Å². The highest BCUT2D eigenvalue weighted by atomic mass is 19.1. The second kappa shape index (κ2) is 5.77. The van der Waals surface area contributed by atoms with Gasteiger partial charge in [0.15, 0.2) is 11.6 Å². The van der Waals surface area contributed by atoms with Gasteiger partial charge < -0.3 is 10.2 Å². The molecule has 0 saturated carbocycles. The number of carbonyl (C=O) groups is 2. The Morgan fingerprint density at radius 2 is 1.95 bits per heavy atom. The molecule has 0 bridgehead atoms. The molecule has 114 valence electrons. The van der Waals surface area contributed by atoms with Crippen molar-refractivity contribution in [3.05, 3.63) is 23.6 Å². The number of anilines is 1. The zero-order valence-electron chi connectivity index (χ0n) is 12.4. The van der Waals surface area contributed by atoms with Crippen LogP contribution in [0.15, 0.2) is 12.3 Å². The Morgan fingerprint density at radius 3 is 2.52 bits per heavy atom. The van der Waals surface area contributed by atoms with Crippen molar-refractivity contribution in [3.8, 4) is 0 Å². The summed E-state index contributed by atoms with van der Waals surface area (Å²) in [4.78, 5) is 28.1. The Labute approximate surface area is 122 Å². The second-order valence-electron chi connectivity index (χ2n) is 6.04. The number of hydrogen-bond donors (Lipinski definition) is 2. The van der Waals surface area contributed by atoms with E-state index < -0.39 is 17.6 Å². The normalized spacial score (nSPS) is 16.1. The summed E-state index contributed by atoms with van der Waals surface area (Å²) >= 11 is 0. The van der Waals surface area contributed by atoms with Gasteiger partial charge in [-0.3, -0.25) is 14.9 Å². The fourth-order valence-corrected chi connectivity index (χ4v) is 1.98. The predicted octanol–water partition coefficient (Wildman–Crippen LogP) is 0.572. The molecule has 0 aromatic carbocycles. The molecule has 1 aliphatic rings. The molecule has 1 aromatic heterocycles. The number of nitrogens with one attached hydrogen (secondary N) is 2. The summed E-state index contributed by atoms with van der Waals surface area (Å²) in [6, 6.07) is 1.59. The molecule has 7 heteroatoms. The van der Waals surface area contributed by atoms with E-state index in [1.165, 1.54) is 11.1 Å². The first kappa shape index (κ1) is 15.4. The summed E-state index contributed by atoms with van der Waals surface area (Å²) in [6.45, 7) is 6.15. The zero-order valence-corrected chi connectivity index (χ0v) is 12.4. The molecule has 1 aliphatic heterocycles. The van der Waals surface area contributed by atoms with Crippen molar-refractivity contribution in [2.45, 2.75) is 32.9 Å². The molecule has 6 nitrogen and oxygen atoms in total. The van der Waals surface area contributed by atoms with E-state index in [0.29, 0.717) is 12.1 Å². The molecule has 2 N–H and O–H groups in total. The molecular weight excluding hydrogens is 275 g/mol. The van der Waals surface area contributed by atoms with Crippen LogP contribution in [0, 0.1) is 5.82 Å². The fourth-order valence-electron chi connectivity index (χ4n) is 1.98. The quantitative estimate of drug-likeness (QED) is 0.797. The molecule has 2 amide bonds. The minimum Gasteiger partial charge on any atom is -0.336 e. The van der Waals surface area contributed by atoms with Crippen LogP contribution in [-0.2, 0) is 16.1 Å². The average Bonchev–Trinajstić information content (AvgIpc) is 2.35. The van der Waals surface area contributed by atoms with Gasteiger partial charge in [0.05, 0.1) is 13.1 Å². The summed E-state index contributed by atoms with van der Waals surface area (Å²) in [5.74, 6) is -1.38. The molecule has 0 spiro atoms. The molecule has 0 unspecified atom stereocenters. The SMILES string of the molecule is CC(C)(C)NCc1ccnc(N2CC(=O)NC(=O)C2)c1F. The van der Waals surface area contributed by atoms with Crippen LogP contribution in [0.2, 0.25) is 0 Å². The van der Waals surface area contributed by atoms with Crippen LogP contribution in [-0.4, -0.2) is 35.4 Å². The number of pyridine rings is 1. The van der Waals surface area contributed by atoms with Crippen LogP contribution < -0.4 is 15.5 Å². The minimum absolute atomic E-state index is 0.0337. The third-order valence-electron chi connectivity index (χ3n) is 3.01. The maximum absolute atomic E-state index is 14.5. The number of amides is 2. The van der Waals surface area contributed by atoms with Gasteiger partial charge in [-0.25, -0.2) is 9.37 Å². The van der Waals surface area contributed by atoms with Crippen molar-refractivity contribution in [2.75, 3.05) is 18.0 Å². The van der Waals surface area contributed by atoms with Crippen LogP contribution in [0.3, 0.4) is 0 Å². The van der Waals surface area contributed by atoms with Gasteiger partial charge in [0, 0.05) is 23.8 Å². The lowest BCUT2D eigenvalue weighted by molar-refractivity contribution is -0.130. The summed E-state index contributed by atoms with van der Waals surface area (Å²) in [5, 5.41) is 5.37. The van der Waals surface area contributed by atoms with Gasteiger partial charge >= 0.3 is 0 Å². The largest absolute Gasteiger partial charge is 0.336 e. The summed E-state index contributed by atoms with van der Waals surface area (Å²) in [6.07, 6.45) is 1.48. The number of nitrogens with zero attached hydrogens (tertiary/aromatic N) is 2. The number of piperazine rings is 1. The minimum atomic E-state index is -0.503. The van der Waals surface area contributed by atoms with Gasteiger partial charge in [0.25, 0.3) is 0 Å². The van der Waals surface area contributed by atoms with Crippen molar-refractivity contribution in [1.29, 1.82) is 0 Å². The van der Waals surface area contributed by atoms with Gasteiger partial charge in [-0.05, 0) is 26.8 Å². The highest BCUT2D eigenvalue weighted by Crippen LogP contribution is 2.20. The second-order valence-corrected chi connectivity index (χ2v) is 6.04. The fraction of sp³-hybridized carbons (Fsp3) is 0.500. The number of hydrogen-bond acceptors (Lipinski definition) is 5. The molecular formula is C14H19FN4O2. The Balaban J connectivity index is 2.21. The van der Waals surface area contributed by atoms with E-state index >= 15 is 0 Å². The Kier molecular flexibility index (Phi) is 4.22. The van der Waals surface area contributed by atoms with Gasteiger partial charge in [-0.1, -0.05) is 0 Å². The van der Waals surface area contributed by atoms with Crippen LogP contribution in [0.25, 0.3) is 0 Å². The average molecular weight is 294 g/mol. The topological polar surface area (TPSA) is 74.3 Å². The first-order chi connectivity index (χ1) is 9.76. The number of rotatable bonds is 3. The van der Waals surface area contributed by atoms with Gasteiger partial charge in [0.2, 0.25) is 11.8 Å². The molecule has 0 atom stereocenters. The third kappa shape index (κ3) is 3.98. The summed E-state index contributed by atoms with van der Waals surface area (Å²) in [5.41, 5.74) is 0.310. The first-order valence-corrected chi connectivity index (χ1v) is 6.72. The molecule has 0 aliphatic carbocycles. The third-order valence-corrected chi connectivity index (χ3v) is 3.01. The molecule has 2 rings (SSSR count). The predicted molar refractivity (Wildman–Crippen MR) is 76.2 cm³/mol. The molecule has 1 aromatic rings. The molecule has 0 radical (unpaired) electrons. The summed E-state index contributed by atoms with van der Waals surface area (Å²) in [7, 11) is 0. The van der Waals surface area contributed by atoms with E-state index in [1.54, 1.807) is 6.07 Å². The Hall–Kier alpha value is -2.02. The van der Waals surface area contributed by atoms with E-state index in [1.807, 2.05) is 20.8 Å². The maximum Gasteiger partial charge on any atom is 0.246 e. The highest BCUT2D eigenvalue weighted by Gasteiger charge is 2.26. The maximum atomic E-state index is 14.5. The van der Waals surface area contributed by atoms with Crippen molar-refractivity contribution in [2.24, 2.45) is 0 Å². The Bertz CT molecular complexity index is 553.